The second-order valence-corrected chi connectivity index (χ2v) is 4.30. The van der Waals surface area contributed by atoms with Crippen molar-refractivity contribution in [2.45, 2.75) is 6.18 Å². The van der Waals surface area contributed by atoms with Crippen molar-refractivity contribution in [3.63, 3.8) is 0 Å². The van der Waals surface area contributed by atoms with Crippen molar-refractivity contribution in [2.24, 2.45) is 5.73 Å². The Morgan fingerprint density at radius 2 is 1.86 bits per heavy atom. The van der Waals surface area contributed by atoms with Crippen molar-refractivity contribution in [2.75, 3.05) is 5.32 Å². The van der Waals surface area contributed by atoms with Gasteiger partial charge in [0.05, 0.1) is 11.1 Å². The molecule has 0 saturated carbocycles. The standard InChI is InChI=1S/C14H10F3N3O2/c15-14(16,17)9-4-1-3-8(7-9)13(22)20-12-10(11(18)21)5-2-6-19-12/h1-7H,(H2,18,21)(H,19,20,22). The van der Waals surface area contributed by atoms with Gasteiger partial charge in [0.15, 0.2) is 0 Å². The van der Waals surface area contributed by atoms with Gasteiger partial charge in [-0.05, 0) is 30.3 Å². The highest BCUT2D eigenvalue weighted by Crippen LogP contribution is 2.29. The van der Waals surface area contributed by atoms with Crippen LogP contribution in [-0.2, 0) is 6.18 Å². The minimum Gasteiger partial charge on any atom is -0.365 e. The molecule has 0 fully saturated rings. The zero-order valence-electron chi connectivity index (χ0n) is 11.0. The number of alkyl halides is 3. The fraction of sp³-hybridized carbons (Fsp3) is 0.0714. The monoisotopic (exact) mass is 309 g/mol. The molecule has 2 aromatic rings. The average Bonchev–Trinajstić information content (AvgIpc) is 2.47. The Morgan fingerprint density at radius 1 is 1.14 bits per heavy atom. The minimum atomic E-state index is -4.56. The van der Waals surface area contributed by atoms with Gasteiger partial charge in [-0.25, -0.2) is 4.98 Å². The van der Waals surface area contributed by atoms with E-state index in [2.05, 4.69) is 10.3 Å². The quantitative estimate of drug-likeness (QED) is 0.913. The summed E-state index contributed by atoms with van der Waals surface area (Å²) >= 11 is 0. The number of amides is 2. The van der Waals surface area contributed by atoms with Crippen LogP contribution in [0.5, 0.6) is 0 Å². The van der Waals surface area contributed by atoms with E-state index in [1.807, 2.05) is 0 Å². The molecule has 0 atom stereocenters. The summed E-state index contributed by atoms with van der Waals surface area (Å²) in [6, 6.07) is 6.69. The Labute approximate surface area is 123 Å². The number of primary amides is 1. The number of pyridine rings is 1. The molecule has 3 N–H and O–H groups in total. The van der Waals surface area contributed by atoms with Crippen molar-refractivity contribution in [1.82, 2.24) is 4.98 Å². The largest absolute Gasteiger partial charge is 0.416 e. The van der Waals surface area contributed by atoms with Crippen LogP contribution in [0.15, 0.2) is 42.6 Å². The SMILES string of the molecule is NC(=O)c1cccnc1NC(=O)c1cccc(C(F)(F)F)c1. The molecule has 0 unspecified atom stereocenters. The second kappa shape index (κ2) is 5.84. The molecule has 0 spiro atoms. The lowest BCUT2D eigenvalue weighted by Crippen LogP contribution is -2.19. The van der Waals surface area contributed by atoms with Gasteiger partial charge in [0.1, 0.15) is 5.82 Å². The summed E-state index contributed by atoms with van der Waals surface area (Å²) < 4.78 is 37.9. The van der Waals surface area contributed by atoms with E-state index in [9.17, 15) is 22.8 Å². The molecule has 0 saturated heterocycles. The molecule has 1 aromatic heterocycles. The number of carbonyl (C=O) groups excluding carboxylic acids is 2. The third-order valence-corrected chi connectivity index (χ3v) is 2.76. The number of nitrogens with zero attached hydrogens (tertiary/aromatic N) is 1. The van der Waals surface area contributed by atoms with Gasteiger partial charge in [0.25, 0.3) is 11.8 Å². The topological polar surface area (TPSA) is 85.1 Å². The summed E-state index contributed by atoms with van der Waals surface area (Å²) in [5.74, 6) is -1.75. The van der Waals surface area contributed by atoms with Crippen LogP contribution in [0, 0.1) is 0 Å². The zero-order chi connectivity index (χ0) is 16.3. The van der Waals surface area contributed by atoms with Gasteiger partial charge in [-0.15, -0.1) is 0 Å². The van der Waals surface area contributed by atoms with Crippen molar-refractivity contribution < 1.29 is 22.8 Å². The Hall–Kier alpha value is -2.90. The number of hydrogen-bond acceptors (Lipinski definition) is 3. The Morgan fingerprint density at radius 3 is 2.50 bits per heavy atom. The molecule has 1 aromatic carbocycles. The van der Waals surface area contributed by atoms with Crippen LogP contribution in [0.1, 0.15) is 26.3 Å². The maximum Gasteiger partial charge on any atom is 0.416 e. The highest BCUT2D eigenvalue weighted by atomic mass is 19.4. The molecule has 0 aliphatic heterocycles. The van der Waals surface area contributed by atoms with E-state index in [-0.39, 0.29) is 16.9 Å². The molecule has 0 radical (unpaired) electrons. The average molecular weight is 309 g/mol. The highest BCUT2D eigenvalue weighted by Gasteiger charge is 2.31. The van der Waals surface area contributed by atoms with Crippen molar-refractivity contribution in [1.29, 1.82) is 0 Å². The van der Waals surface area contributed by atoms with Crippen LogP contribution in [-0.4, -0.2) is 16.8 Å². The lowest BCUT2D eigenvalue weighted by atomic mass is 10.1. The summed E-state index contributed by atoms with van der Waals surface area (Å²) in [7, 11) is 0. The normalized spacial score (nSPS) is 11.0. The molecule has 2 amide bonds. The van der Waals surface area contributed by atoms with Gasteiger partial charge < -0.3 is 11.1 Å². The first-order chi connectivity index (χ1) is 10.3. The fourth-order valence-electron chi connectivity index (χ4n) is 1.72. The van der Waals surface area contributed by atoms with Crippen molar-refractivity contribution in [3.05, 3.63) is 59.3 Å². The number of nitrogens with two attached hydrogens (primary N) is 1. The number of rotatable bonds is 3. The number of halogens is 3. The summed E-state index contributed by atoms with van der Waals surface area (Å²) in [4.78, 5) is 27.0. The van der Waals surface area contributed by atoms with Gasteiger partial charge in [0.2, 0.25) is 0 Å². The first kappa shape index (κ1) is 15.5. The molecule has 5 nitrogen and oxygen atoms in total. The van der Waals surface area contributed by atoms with Crippen LogP contribution < -0.4 is 11.1 Å². The molecule has 0 aliphatic rings. The van der Waals surface area contributed by atoms with Crippen LogP contribution in [0.25, 0.3) is 0 Å². The van der Waals surface area contributed by atoms with E-state index in [0.29, 0.717) is 6.07 Å². The van der Waals surface area contributed by atoms with Gasteiger partial charge >= 0.3 is 6.18 Å². The van der Waals surface area contributed by atoms with Crippen LogP contribution in [0.4, 0.5) is 19.0 Å². The summed E-state index contributed by atoms with van der Waals surface area (Å²) in [6.07, 6.45) is -3.24. The number of carbonyl (C=O) groups is 2. The van der Waals surface area contributed by atoms with Gasteiger partial charge in [0, 0.05) is 11.8 Å². The molecule has 114 valence electrons. The van der Waals surface area contributed by atoms with E-state index in [4.69, 9.17) is 5.73 Å². The third-order valence-electron chi connectivity index (χ3n) is 2.76. The highest BCUT2D eigenvalue weighted by molar-refractivity contribution is 6.07. The number of benzene rings is 1. The molecule has 2 rings (SSSR count). The lowest BCUT2D eigenvalue weighted by molar-refractivity contribution is -0.137. The van der Waals surface area contributed by atoms with Crippen molar-refractivity contribution in [3.8, 4) is 0 Å². The van der Waals surface area contributed by atoms with E-state index >= 15 is 0 Å². The molecule has 0 bridgehead atoms. The molecule has 22 heavy (non-hydrogen) atoms. The lowest BCUT2D eigenvalue weighted by Gasteiger charge is -2.10. The number of aromatic nitrogens is 1. The van der Waals surface area contributed by atoms with Crippen LogP contribution in [0.2, 0.25) is 0 Å². The van der Waals surface area contributed by atoms with Crippen LogP contribution in [0.3, 0.4) is 0 Å². The molecule has 8 heteroatoms. The Balaban J connectivity index is 2.29. The van der Waals surface area contributed by atoms with Gasteiger partial charge in [-0.2, -0.15) is 13.2 Å². The molecule has 0 aliphatic carbocycles. The summed E-state index contributed by atoms with van der Waals surface area (Å²) in [5.41, 5.74) is 3.93. The van der Waals surface area contributed by atoms with E-state index < -0.39 is 23.6 Å². The maximum absolute atomic E-state index is 12.6. The Bertz CT molecular complexity index is 729. The molecular weight excluding hydrogens is 299 g/mol. The predicted octanol–water partition coefficient (Wildman–Crippen LogP) is 2.45. The molecule has 1 heterocycles. The minimum absolute atomic E-state index is 0.0391. The van der Waals surface area contributed by atoms with E-state index in [1.165, 1.54) is 24.4 Å². The second-order valence-electron chi connectivity index (χ2n) is 4.30. The predicted molar refractivity (Wildman–Crippen MR) is 72.2 cm³/mol. The van der Waals surface area contributed by atoms with E-state index in [1.54, 1.807) is 0 Å². The number of hydrogen-bond donors (Lipinski definition) is 2. The van der Waals surface area contributed by atoms with Crippen LogP contribution >= 0.6 is 0 Å². The summed E-state index contributed by atoms with van der Waals surface area (Å²) in [5, 5.41) is 2.27. The first-order valence-electron chi connectivity index (χ1n) is 6.02. The van der Waals surface area contributed by atoms with Gasteiger partial charge in [-0.1, -0.05) is 6.07 Å². The first-order valence-corrected chi connectivity index (χ1v) is 6.02. The number of anilines is 1. The molecular formula is C14H10F3N3O2. The van der Waals surface area contributed by atoms with Crippen molar-refractivity contribution >= 4 is 17.6 Å². The number of nitrogens with one attached hydrogen (secondary N) is 1. The maximum atomic E-state index is 12.6. The smallest absolute Gasteiger partial charge is 0.365 e. The Kier molecular flexibility index (Phi) is 4.11. The van der Waals surface area contributed by atoms with Gasteiger partial charge in [-0.3, -0.25) is 9.59 Å². The summed E-state index contributed by atoms with van der Waals surface area (Å²) in [6.45, 7) is 0. The van der Waals surface area contributed by atoms with E-state index in [0.717, 1.165) is 12.1 Å². The zero-order valence-corrected chi connectivity index (χ0v) is 11.0. The fourth-order valence-corrected chi connectivity index (χ4v) is 1.72. The third kappa shape index (κ3) is 3.40.